The number of tetrazole rings is 1. The van der Waals surface area contributed by atoms with Crippen molar-refractivity contribution in [2.45, 2.75) is 64.5 Å². The summed E-state index contributed by atoms with van der Waals surface area (Å²) in [5.41, 5.74) is 9.35. The van der Waals surface area contributed by atoms with Crippen molar-refractivity contribution in [1.29, 1.82) is 0 Å². The van der Waals surface area contributed by atoms with E-state index in [9.17, 15) is 14.4 Å². The Bertz CT molecular complexity index is 1800. The molecule has 3 amide bonds. The number of ether oxygens (including phenoxy) is 2. The number of hydrogen-bond acceptors (Lipinski definition) is 11. The van der Waals surface area contributed by atoms with Crippen LogP contribution in [0.1, 0.15) is 52.0 Å². The highest BCUT2D eigenvalue weighted by molar-refractivity contribution is 6.01. The zero-order chi connectivity index (χ0) is 36.7. The molecule has 0 unspecified atom stereocenters. The number of benzene rings is 2. The molecule has 15 heteroatoms. The first-order valence-corrected chi connectivity index (χ1v) is 17.7. The molecule has 0 spiro atoms. The summed E-state index contributed by atoms with van der Waals surface area (Å²) in [6, 6.07) is 14.0. The van der Waals surface area contributed by atoms with Crippen LogP contribution in [0.25, 0.3) is 22.5 Å². The van der Waals surface area contributed by atoms with E-state index in [2.05, 4.69) is 40.8 Å². The highest BCUT2D eigenvalue weighted by atomic mass is 16.6. The average molecular weight is 711 g/mol. The standard InChI is InChI=1S/C37H46N10O5/c1-37(2,3)52-36(50)41-21-24-7-9-27(10-8-24)34(49)47(30-13-11-26(12-14-30)33-42-44-45-43-33)31(32(38)48)20-25-5-4-6-28(19-25)29-22-39-35(40-23-29)46-15-17-51-18-16-46/h4-6,11-14,19,22-24,27,31H,7-10,15-18,20-21H2,1-3H3,(H2,38,48)(H,41,50)(H,42,43,44,45)/t24-,27-,31-/m0/s1. The van der Waals surface area contributed by atoms with Gasteiger partial charge in [-0.15, -0.1) is 5.10 Å². The molecular weight excluding hydrogens is 664 g/mol. The molecular formula is C37H46N10O5. The molecule has 3 heterocycles. The van der Waals surface area contributed by atoms with Crippen LogP contribution in [0.4, 0.5) is 16.4 Å². The van der Waals surface area contributed by atoms with Crippen molar-refractivity contribution in [2.24, 2.45) is 17.6 Å². The molecule has 0 bridgehead atoms. The summed E-state index contributed by atoms with van der Waals surface area (Å²) in [7, 11) is 0. The van der Waals surface area contributed by atoms with Gasteiger partial charge in [0.05, 0.1) is 13.2 Å². The van der Waals surface area contributed by atoms with E-state index >= 15 is 0 Å². The lowest BCUT2D eigenvalue weighted by molar-refractivity contribution is -0.127. The number of nitrogens with two attached hydrogens (primary N) is 1. The van der Waals surface area contributed by atoms with Gasteiger partial charge in [-0.1, -0.05) is 24.3 Å². The number of alkyl carbamates (subject to hydrolysis) is 1. The van der Waals surface area contributed by atoms with E-state index in [0.717, 1.165) is 48.2 Å². The minimum atomic E-state index is -0.966. The monoisotopic (exact) mass is 710 g/mol. The van der Waals surface area contributed by atoms with E-state index < -0.39 is 23.6 Å². The third-order valence-corrected chi connectivity index (χ3v) is 9.39. The number of hydrogen-bond donors (Lipinski definition) is 3. The van der Waals surface area contributed by atoms with Crippen LogP contribution in [-0.4, -0.2) is 93.0 Å². The van der Waals surface area contributed by atoms with Gasteiger partial charge in [0.25, 0.3) is 0 Å². The smallest absolute Gasteiger partial charge is 0.407 e. The molecule has 1 saturated heterocycles. The quantitative estimate of drug-likeness (QED) is 0.204. The summed E-state index contributed by atoms with van der Waals surface area (Å²) >= 11 is 0. The van der Waals surface area contributed by atoms with E-state index in [1.807, 2.05) is 45.0 Å². The molecule has 4 N–H and O–H groups in total. The number of nitrogens with zero attached hydrogens (tertiary/aromatic N) is 7. The van der Waals surface area contributed by atoms with Crippen molar-refractivity contribution in [1.82, 2.24) is 35.9 Å². The maximum absolute atomic E-state index is 14.5. The Balaban J connectivity index is 1.20. The summed E-state index contributed by atoms with van der Waals surface area (Å²) < 4.78 is 10.8. The molecule has 1 aliphatic carbocycles. The highest BCUT2D eigenvalue weighted by Crippen LogP contribution is 2.33. The minimum absolute atomic E-state index is 0.167. The van der Waals surface area contributed by atoms with E-state index in [1.165, 1.54) is 0 Å². The molecule has 4 aromatic rings. The van der Waals surface area contributed by atoms with Gasteiger partial charge in [-0.3, -0.25) is 14.5 Å². The van der Waals surface area contributed by atoms with Crippen molar-refractivity contribution in [3.05, 3.63) is 66.5 Å². The van der Waals surface area contributed by atoms with Gasteiger partial charge < -0.3 is 25.4 Å². The summed E-state index contributed by atoms with van der Waals surface area (Å²) in [5, 5.41) is 16.9. The molecule has 1 atom stereocenters. The molecule has 0 radical (unpaired) electrons. The summed E-state index contributed by atoms with van der Waals surface area (Å²) in [6.07, 6.45) is 6.04. The van der Waals surface area contributed by atoms with Gasteiger partial charge in [0.1, 0.15) is 11.6 Å². The number of anilines is 2. The van der Waals surface area contributed by atoms with E-state index in [1.54, 1.807) is 41.6 Å². The summed E-state index contributed by atoms with van der Waals surface area (Å²) in [4.78, 5) is 52.9. The molecule has 2 fully saturated rings. The number of amides is 3. The van der Waals surface area contributed by atoms with Crippen LogP contribution >= 0.6 is 0 Å². The molecule has 1 saturated carbocycles. The van der Waals surface area contributed by atoms with Gasteiger partial charge in [0, 0.05) is 61.2 Å². The zero-order valence-corrected chi connectivity index (χ0v) is 29.8. The molecule has 2 aromatic heterocycles. The summed E-state index contributed by atoms with van der Waals surface area (Å²) in [5.74, 6) is 0.237. The maximum Gasteiger partial charge on any atom is 0.407 e. The van der Waals surface area contributed by atoms with Gasteiger partial charge in [0.15, 0.2) is 5.82 Å². The fraction of sp³-hybridized carbons (Fsp3) is 0.459. The lowest BCUT2D eigenvalue weighted by atomic mass is 9.81. The van der Waals surface area contributed by atoms with Crippen LogP contribution in [-0.2, 0) is 25.5 Å². The Morgan fingerprint density at radius 2 is 1.71 bits per heavy atom. The summed E-state index contributed by atoms with van der Waals surface area (Å²) in [6.45, 7) is 8.71. The third-order valence-electron chi connectivity index (χ3n) is 9.39. The number of nitrogens with one attached hydrogen (secondary N) is 2. The number of aromatic nitrogens is 6. The van der Waals surface area contributed by atoms with Gasteiger partial charge in [-0.25, -0.2) is 19.9 Å². The molecule has 1 aliphatic heterocycles. The number of primary amides is 1. The second-order valence-corrected chi connectivity index (χ2v) is 14.3. The Morgan fingerprint density at radius 1 is 1.00 bits per heavy atom. The normalized spacial score (nSPS) is 18.3. The molecule has 6 rings (SSSR count). The van der Waals surface area contributed by atoms with E-state index in [-0.39, 0.29) is 24.2 Å². The number of carbonyl (C=O) groups is 3. The lowest BCUT2D eigenvalue weighted by Gasteiger charge is -2.36. The first-order valence-electron chi connectivity index (χ1n) is 17.7. The van der Waals surface area contributed by atoms with Crippen LogP contribution in [0, 0.1) is 11.8 Å². The molecule has 15 nitrogen and oxygen atoms in total. The van der Waals surface area contributed by atoms with Crippen LogP contribution in [0.15, 0.2) is 60.9 Å². The minimum Gasteiger partial charge on any atom is -0.444 e. The first-order chi connectivity index (χ1) is 25.0. The Hall–Kier alpha value is -5.44. The molecule has 2 aliphatic rings. The number of rotatable bonds is 11. The van der Waals surface area contributed by atoms with Crippen LogP contribution < -0.4 is 20.9 Å². The average Bonchev–Trinajstić information content (AvgIpc) is 3.69. The Labute approximate surface area is 302 Å². The van der Waals surface area contributed by atoms with Crippen molar-refractivity contribution >= 4 is 29.5 Å². The van der Waals surface area contributed by atoms with Crippen molar-refractivity contribution < 1.29 is 23.9 Å². The predicted octanol–water partition coefficient (Wildman–Crippen LogP) is 3.92. The number of carbonyl (C=O) groups excluding carboxylic acids is 3. The molecule has 274 valence electrons. The van der Waals surface area contributed by atoms with Crippen LogP contribution in [0.5, 0.6) is 0 Å². The van der Waals surface area contributed by atoms with Gasteiger partial charge >= 0.3 is 6.09 Å². The second kappa shape index (κ2) is 16.3. The SMILES string of the molecule is CC(C)(C)OC(=O)NC[C@H]1CC[C@H](C(=O)N(c2ccc(-c3nnn[nH]3)cc2)[C@@H](Cc2cccc(-c3cnc(N4CCOCC4)nc3)c2)C(N)=O)CC1. The number of H-pyrrole nitrogens is 1. The van der Waals surface area contributed by atoms with Gasteiger partial charge in [-0.2, -0.15) is 0 Å². The highest BCUT2D eigenvalue weighted by Gasteiger charge is 2.36. The van der Waals surface area contributed by atoms with Gasteiger partial charge in [-0.05, 0) is 98.2 Å². The Kier molecular flexibility index (Phi) is 11.4. The second-order valence-electron chi connectivity index (χ2n) is 14.3. The lowest BCUT2D eigenvalue weighted by Crippen LogP contribution is -2.52. The maximum atomic E-state index is 14.5. The van der Waals surface area contributed by atoms with E-state index in [4.69, 9.17) is 15.2 Å². The molecule has 2 aromatic carbocycles. The van der Waals surface area contributed by atoms with Crippen molar-refractivity contribution in [3.63, 3.8) is 0 Å². The number of aromatic amines is 1. The third kappa shape index (κ3) is 9.26. The fourth-order valence-electron chi connectivity index (χ4n) is 6.69. The zero-order valence-electron chi connectivity index (χ0n) is 29.8. The van der Waals surface area contributed by atoms with Crippen LogP contribution in [0.2, 0.25) is 0 Å². The molecule has 52 heavy (non-hydrogen) atoms. The number of morpholine rings is 1. The first kappa shape index (κ1) is 36.4. The van der Waals surface area contributed by atoms with Crippen LogP contribution in [0.3, 0.4) is 0 Å². The van der Waals surface area contributed by atoms with Gasteiger partial charge in [0.2, 0.25) is 17.8 Å². The predicted molar refractivity (Wildman–Crippen MR) is 194 cm³/mol. The van der Waals surface area contributed by atoms with Crippen molar-refractivity contribution in [3.8, 4) is 22.5 Å². The van der Waals surface area contributed by atoms with E-state index in [0.29, 0.717) is 50.1 Å². The van der Waals surface area contributed by atoms with Crippen molar-refractivity contribution in [2.75, 3.05) is 42.6 Å². The fourth-order valence-corrected chi connectivity index (χ4v) is 6.69. The topological polar surface area (TPSA) is 194 Å². The largest absolute Gasteiger partial charge is 0.444 e. The Morgan fingerprint density at radius 3 is 2.35 bits per heavy atom.